The number of nitrogens with one attached hydrogen (secondary N) is 2. The van der Waals surface area contributed by atoms with E-state index in [0.29, 0.717) is 48.3 Å². The molecule has 0 radical (unpaired) electrons. The molecule has 1 aromatic rings. The van der Waals surface area contributed by atoms with Crippen LogP contribution in [-0.4, -0.2) is 30.6 Å². The third-order valence-corrected chi connectivity index (χ3v) is 4.79. The van der Waals surface area contributed by atoms with Crippen molar-refractivity contribution in [3.8, 4) is 5.75 Å². The quantitative estimate of drug-likeness (QED) is 0.792. The Kier molecular flexibility index (Phi) is 5.21. The molecule has 2 bridgehead atoms. The van der Waals surface area contributed by atoms with Gasteiger partial charge in [-0.3, -0.25) is 4.79 Å². The summed E-state index contributed by atoms with van der Waals surface area (Å²) in [4.78, 5) is 12.0. The summed E-state index contributed by atoms with van der Waals surface area (Å²) in [5.41, 5.74) is 0. The number of rotatable bonds is 6. The normalized spacial score (nSPS) is 26.7. The van der Waals surface area contributed by atoms with Crippen molar-refractivity contribution in [1.29, 1.82) is 0 Å². The maximum Gasteiger partial charge on any atom is 0.220 e. The molecule has 2 N–H and O–H groups in total. The number of benzene rings is 1. The molecule has 2 atom stereocenters. The first kappa shape index (κ1) is 15.6. The number of fused-ring (bicyclic) bond motifs is 2. The van der Waals surface area contributed by atoms with E-state index in [1.165, 1.54) is 12.8 Å². The van der Waals surface area contributed by atoms with Gasteiger partial charge in [-0.2, -0.15) is 0 Å². The number of hydrogen-bond acceptors (Lipinski definition) is 3. The van der Waals surface area contributed by atoms with E-state index in [9.17, 15) is 4.79 Å². The summed E-state index contributed by atoms with van der Waals surface area (Å²) in [5.74, 6) is 0.813. The topological polar surface area (TPSA) is 50.4 Å². The largest absolute Gasteiger partial charge is 0.492 e. The van der Waals surface area contributed by atoms with Crippen molar-refractivity contribution in [3.05, 3.63) is 29.3 Å². The molecule has 2 aliphatic heterocycles. The Morgan fingerprint density at radius 3 is 2.73 bits per heavy atom. The second-order valence-electron chi connectivity index (χ2n) is 6.26. The van der Waals surface area contributed by atoms with E-state index in [1.54, 1.807) is 6.07 Å². The summed E-state index contributed by atoms with van der Waals surface area (Å²) < 4.78 is 5.60. The maximum atomic E-state index is 12.0. The molecule has 1 aromatic carbocycles. The minimum Gasteiger partial charge on any atom is -0.492 e. The highest BCUT2D eigenvalue weighted by atomic mass is 35.5. The third kappa shape index (κ3) is 4.14. The van der Waals surface area contributed by atoms with Crippen molar-refractivity contribution in [2.45, 2.75) is 56.7 Å². The molecule has 5 heteroatoms. The summed E-state index contributed by atoms with van der Waals surface area (Å²) in [6, 6.07) is 8.95. The molecule has 2 heterocycles. The van der Waals surface area contributed by atoms with E-state index in [4.69, 9.17) is 16.3 Å². The first-order chi connectivity index (χ1) is 10.7. The van der Waals surface area contributed by atoms with Gasteiger partial charge in [-0.25, -0.2) is 0 Å². The van der Waals surface area contributed by atoms with Crippen LogP contribution in [0.5, 0.6) is 5.75 Å². The fourth-order valence-electron chi connectivity index (χ4n) is 3.45. The summed E-state index contributed by atoms with van der Waals surface area (Å²) >= 11 is 6.02. The molecule has 4 nitrogen and oxygen atoms in total. The van der Waals surface area contributed by atoms with Crippen molar-refractivity contribution in [2.24, 2.45) is 0 Å². The molecule has 120 valence electrons. The van der Waals surface area contributed by atoms with E-state index >= 15 is 0 Å². The predicted octanol–water partition coefficient (Wildman–Crippen LogP) is 2.90. The van der Waals surface area contributed by atoms with Crippen LogP contribution in [0.4, 0.5) is 0 Å². The number of carbonyl (C=O) groups excluding carboxylic acids is 1. The van der Waals surface area contributed by atoms with Gasteiger partial charge in [0.2, 0.25) is 5.91 Å². The lowest BCUT2D eigenvalue weighted by molar-refractivity contribution is -0.122. The molecule has 2 unspecified atom stereocenters. The minimum absolute atomic E-state index is 0.133. The lowest BCUT2D eigenvalue weighted by Gasteiger charge is -2.29. The minimum atomic E-state index is 0.133. The number of para-hydroxylation sites is 1. The van der Waals surface area contributed by atoms with Crippen molar-refractivity contribution in [3.63, 3.8) is 0 Å². The zero-order chi connectivity index (χ0) is 15.4. The van der Waals surface area contributed by atoms with Gasteiger partial charge in [0.15, 0.2) is 0 Å². The summed E-state index contributed by atoms with van der Waals surface area (Å²) in [6.45, 7) is 0.509. The molecule has 0 aromatic heterocycles. The van der Waals surface area contributed by atoms with Gasteiger partial charge in [-0.15, -0.1) is 0 Å². The van der Waals surface area contributed by atoms with Crippen molar-refractivity contribution in [2.75, 3.05) is 6.61 Å². The number of piperidine rings is 1. The average Bonchev–Trinajstić information content (AvgIpc) is 2.84. The second-order valence-corrected chi connectivity index (χ2v) is 6.66. The number of amides is 1. The number of ether oxygens (including phenoxy) is 1. The second kappa shape index (κ2) is 7.34. The summed E-state index contributed by atoms with van der Waals surface area (Å²) in [6.07, 6.45) is 5.85. The van der Waals surface area contributed by atoms with Gasteiger partial charge in [0.05, 0.1) is 11.6 Å². The predicted molar refractivity (Wildman–Crippen MR) is 87.3 cm³/mol. The van der Waals surface area contributed by atoms with Crippen LogP contribution in [0.2, 0.25) is 5.02 Å². The first-order valence-electron chi connectivity index (χ1n) is 8.13. The van der Waals surface area contributed by atoms with E-state index < -0.39 is 0 Å². The van der Waals surface area contributed by atoms with Gasteiger partial charge in [0.1, 0.15) is 5.75 Å². The lowest BCUT2D eigenvalue weighted by atomic mass is 9.99. The van der Waals surface area contributed by atoms with Crippen LogP contribution in [0, 0.1) is 0 Å². The maximum absolute atomic E-state index is 12.0. The molecule has 0 saturated carbocycles. The van der Waals surface area contributed by atoms with E-state index in [0.717, 1.165) is 12.8 Å². The van der Waals surface area contributed by atoms with Crippen LogP contribution in [0.1, 0.15) is 38.5 Å². The summed E-state index contributed by atoms with van der Waals surface area (Å²) in [5, 5.41) is 7.36. The molecule has 2 aliphatic rings. The standard InChI is InChI=1S/C17H23ClN2O2/c18-15-4-1-2-5-16(15)22-9-3-6-17(21)20-14-10-12-7-8-13(11-14)19-12/h1-2,4-5,12-14,19H,3,6-11H2,(H,20,21). The highest BCUT2D eigenvalue weighted by Crippen LogP contribution is 2.27. The SMILES string of the molecule is O=C(CCCOc1ccccc1Cl)NC1CC2CCC(C1)N2. The van der Waals surface area contributed by atoms with Gasteiger partial charge in [0, 0.05) is 24.5 Å². The summed E-state index contributed by atoms with van der Waals surface area (Å²) in [7, 11) is 0. The van der Waals surface area contributed by atoms with E-state index in [2.05, 4.69) is 10.6 Å². The molecule has 0 aliphatic carbocycles. The Bertz CT molecular complexity index is 511. The Balaban J connectivity index is 1.34. The zero-order valence-corrected chi connectivity index (χ0v) is 13.4. The highest BCUT2D eigenvalue weighted by molar-refractivity contribution is 6.32. The van der Waals surface area contributed by atoms with Gasteiger partial charge >= 0.3 is 0 Å². The van der Waals surface area contributed by atoms with Gasteiger partial charge in [0.25, 0.3) is 0 Å². The number of halogens is 1. The molecule has 1 amide bonds. The fraction of sp³-hybridized carbons (Fsp3) is 0.588. The molecule has 3 rings (SSSR count). The number of carbonyl (C=O) groups is 1. The van der Waals surface area contributed by atoms with E-state index in [1.807, 2.05) is 18.2 Å². The average molecular weight is 323 g/mol. The Morgan fingerprint density at radius 1 is 1.27 bits per heavy atom. The van der Waals surface area contributed by atoms with Crippen LogP contribution < -0.4 is 15.4 Å². The van der Waals surface area contributed by atoms with Gasteiger partial charge in [-0.1, -0.05) is 23.7 Å². The van der Waals surface area contributed by atoms with Crippen LogP contribution in [0.3, 0.4) is 0 Å². The Labute approximate surface area is 136 Å². The highest BCUT2D eigenvalue weighted by Gasteiger charge is 2.33. The van der Waals surface area contributed by atoms with Crippen molar-refractivity contribution >= 4 is 17.5 Å². The van der Waals surface area contributed by atoms with Crippen molar-refractivity contribution in [1.82, 2.24) is 10.6 Å². The lowest BCUT2D eigenvalue weighted by Crippen LogP contribution is -2.48. The molecular formula is C17H23ClN2O2. The van der Waals surface area contributed by atoms with Crippen molar-refractivity contribution < 1.29 is 9.53 Å². The molecule has 22 heavy (non-hydrogen) atoms. The molecular weight excluding hydrogens is 300 g/mol. The Morgan fingerprint density at radius 2 is 2.00 bits per heavy atom. The monoisotopic (exact) mass is 322 g/mol. The van der Waals surface area contributed by atoms with Crippen LogP contribution in [0.25, 0.3) is 0 Å². The third-order valence-electron chi connectivity index (χ3n) is 4.48. The van der Waals surface area contributed by atoms with Gasteiger partial charge < -0.3 is 15.4 Å². The fourth-order valence-corrected chi connectivity index (χ4v) is 3.64. The molecule has 2 saturated heterocycles. The zero-order valence-electron chi connectivity index (χ0n) is 12.7. The van der Waals surface area contributed by atoms with Crippen LogP contribution in [-0.2, 0) is 4.79 Å². The van der Waals surface area contributed by atoms with Crippen LogP contribution >= 0.6 is 11.6 Å². The smallest absolute Gasteiger partial charge is 0.220 e. The number of hydrogen-bond donors (Lipinski definition) is 2. The molecule has 2 fully saturated rings. The van der Waals surface area contributed by atoms with Gasteiger partial charge in [-0.05, 0) is 44.2 Å². The first-order valence-corrected chi connectivity index (χ1v) is 8.51. The Hall–Kier alpha value is -1.26. The van der Waals surface area contributed by atoms with E-state index in [-0.39, 0.29) is 5.91 Å². The molecule has 0 spiro atoms. The van der Waals surface area contributed by atoms with Crippen LogP contribution in [0.15, 0.2) is 24.3 Å².